The zero-order valence-electron chi connectivity index (χ0n) is 9.25. The highest BCUT2D eigenvalue weighted by molar-refractivity contribution is 6.18. The molecule has 0 aromatic heterocycles. The van der Waals surface area contributed by atoms with E-state index in [9.17, 15) is 4.79 Å². The van der Waals surface area contributed by atoms with E-state index in [1.165, 1.54) is 0 Å². The van der Waals surface area contributed by atoms with Crippen molar-refractivity contribution in [3.05, 3.63) is 0 Å². The number of rotatable bonds is 5. The molecule has 1 amide bonds. The Balaban J connectivity index is 2.20. The number of carbonyl (C=O) groups excluding carboxylic acids is 1. The highest BCUT2D eigenvalue weighted by atomic mass is 35.5. The first kappa shape index (κ1) is 12.7. The molecule has 1 fully saturated rings. The van der Waals surface area contributed by atoms with Crippen molar-refractivity contribution < 1.29 is 9.53 Å². The van der Waals surface area contributed by atoms with E-state index in [1.807, 2.05) is 4.90 Å². The molecule has 1 rings (SSSR count). The van der Waals surface area contributed by atoms with Crippen LogP contribution < -0.4 is 0 Å². The van der Waals surface area contributed by atoms with Crippen molar-refractivity contribution in [2.45, 2.75) is 6.42 Å². The Hall–Kier alpha value is -0.320. The van der Waals surface area contributed by atoms with Gasteiger partial charge in [-0.1, -0.05) is 0 Å². The third-order valence-corrected chi connectivity index (χ3v) is 2.83. The minimum Gasteiger partial charge on any atom is -0.383 e. The summed E-state index contributed by atoms with van der Waals surface area (Å²) in [6.45, 7) is 5.23. The summed E-state index contributed by atoms with van der Waals surface area (Å²) in [5.41, 5.74) is 0. The van der Waals surface area contributed by atoms with E-state index in [-0.39, 0.29) is 5.91 Å². The molecule has 0 unspecified atom stereocenters. The fourth-order valence-electron chi connectivity index (χ4n) is 1.68. The number of piperazine rings is 1. The van der Waals surface area contributed by atoms with Gasteiger partial charge in [-0.25, -0.2) is 0 Å². The van der Waals surface area contributed by atoms with Crippen LogP contribution in [-0.4, -0.2) is 68.0 Å². The highest BCUT2D eigenvalue weighted by Gasteiger charge is 2.19. The van der Waals surface area contributed by atoms with Crippen LogP contribution in [0.3, 0.4) is 0 Å². The minimum atomic E-state index is 0.177. The maximum absolute atomic E-state index is 11.5. The van der Waals surface area contributed by atoms with Crippen LogP contribution in [0.4, 0.5) is 0 Å². The number of carbonyl (C=O) groups is 1. The van der Waals surface area contributed by atoms with Crippen LogP contribution in [0.1, 0.15) is 6.42 Å². The second kappa shape index (κ2) is 7.04. The summed E-state index contributed by atoms with van der Waals surface area (Å²) in [7, 11) is 1.71. The van der Waals surface area contributed by atoms with Crippen LogP contribution >= 0.6 is 11.6 Å². The van der Waals surface area contributed by atoms with Crippen LogP contribution in [-0.2, 0) is 9.53 Å². The molecule has 0 aromatic rings. The molecule has 1 aliphatic rings. The molecule has 1 saturated heterocycles. The third-order valence-electron chi connectivity index (χ3n) is 2.64. The van der Waals surface area contributed by atoms with Crippen LogP contribution in [0, 0.1) is 0 Å². The van der Waals surface area contributed by atoms with Crippen LogP contribution in [0.2, 0.25) is 0 Å². The van der Waals surface area contributed by atoms with Gasteiger partial charge in [0.25, 0.3) is 0 Å². The maximum Gasteiger partial charge on any atom is 0.223 e. The molecule has 15 heavy (non-hydrogen) atoms. The lowest BCUT2D eigenvalue weighted by molar-refractivity contribution is -0.132. The molecule has 0 N–H and O–H groups in total. The van der Waals surface area contributed by atoms with Crippen molar-refractivity contribution in [1.82, 2.24) is 9.80 Å². The lowest BCUT2D eigenvalue weighted by Crippen LogP contribution is -2.49. The molecule has 0 aromatic carbocycles. The van der Waals surface area contributed by atoms with Crippen molar-refractivity contribution in [1.29, 1.82) is 0 Å². The smallest absolute Gasteiger partial charge is 0.223 e. The van der Waals surface area contributed by atoms with Gasteiger partial charge in [-0.15, -0.1) is 11.6 Å². The first-order valence-corrected chi connectivity index (χ1v) is 5.86. The Morgan fingerprint density at radius 3 is 2.53 bits per heavy atom. The number of hydrogen-bond acceptors (Lipinski definition) is 3. The Labute approximate surface area is 96.1 Å². The molecule has 1 aliphatic heterocycles. The van der Waals surface area contributed by atoms with Crippen LogP contribution in [0.25, 0.3) is 0 Å². The van der Waals surface area contributed by atoms with Gasteiger partial charge < -0.3 is 9.64 Å². The Morgan fingerprint density at radius 2 is 2.00 bits per heavy atom. The fourth-order valence-corrected chi connectivity index (χ4v) is 1.84. The zero-order chi connectivity index (χ0) is 11.1. The van der Waals surface area contributed by atoms with E-state index in [0.717, 1.165) is 39.3 Å². The van der Waals surface area contributed by atoms with Crippen molar-refractivity contribution in [2.75, 3.05) is 52.3 Å². The predicted molar refractivity (Wildman–Crippen MR) is 60.2 cm³/mol. The SMILES string of the molecule is COCCN1CCN(C(=O)CCCl)CC1. The molecule has 0 radical (unpaired) electrons. The average molecular weight is 235 g/mol. The van der Waals surface area contributed by atoms with E-state index in [4.69, 9.17) is 16.3 Å². The first-order valence-electron chi connectivity index (χ1n) is 5.33. The topological polar surface area (TPSA) is 32.8 Å². The summed E-state index contributed by atoms with van der Waals surface area (Å²) in [5.74, 6) is 0.597. The lowest BCUT2D eigenvalue weighted by Gasteiger charge is -2.34. The van der Waals surface area contributed by atoms with Gasteiger partial charge >= 0.3 is 0 Å². The predicted octanol–water partition coefficient (Wildman–Crippen LogP) is 0.406. The van der Waals surface area contributed by atoms with Gasteiger partial charge in [0.2, 0.25) is 5.91 Å². The molecule has 0 saturated carbocycles. The molecule has 1 heterocycles. The molecular weight excluding hydrogens is 216 g/mol. The van der Waals surface area contributed by atoms with Gasteiger partial charge in [0.1, 0.15) is 0 Å². The van der Waals surface area contributed by atoms with Gasteiger partial charge in [0.05, 0.1) is 6.61 Å². The highest BCUT2D eigenvalue weighted by Crippen LogP contribution is 2.04. The van der Waals surface area contributed by atoms with Crippen molar-refractivity contribution in [2.24, 2.45) is 0 Å². The largest absolute Gasteiger partial charge is 0.383 e. The number of alkyl halides is 1. The van der Waals surface area contributed by atoms with Gasteiger partial charge in [-0.2, -0.15) is 0 Å². The molecule has 0 atom stereocenters. The van der Waals surface area contributed by atoms with Gasteiger partial charge in [0, 0.05) is 52.1 Å². The fraction of sp³-hybridized carbons (Fsp3) is 0.900. The summed E-state index contributed by atoms with van der Waals surface area (Å²) in [5, 5.41) is 0. The van der Waals surface area contributed by atoms with Crippen molar-refractivity contribution in [3.63, 3.8) is 0 Å². The van der Waals surface area contributed by atoms with Gasteiger partial charge in [-0.05, 0) is 0 Å². The number of methoxy groups -OCH3 is 1. The summed E-state index contributed by atoms with van der Waals surface area (Å²) < 4.78 is 5.02. The number of halogens is 1. The van der Waals surface area contributed by atoms with E-state index in [1.54, 1.807) is 7.11 Å². The number of amides is 1. The van der Waals surface area contributed by atoms with Crippen molar-refractivity contribution in [3.8, 4) is 0 Å². The standard InChI is InChI=1S/C10H19ClN2O2/c1-15-9-8-12-4-6-13(7-5-12)10(14)2-3-11/h2-9H2,1H3. The number of nitrogens with zero attached hydrogens (tertiary/aromatic N) is 2. The second-order valence-corrected chi connectivity index (χ2v) is 4.03. The van der Waals surface area contributed by atoms with Gasteiger partial charge in [-0.3, -0.25) is 9.69 Å². The zero-order valence-corrected chi connectivity index (χ0v) is 10.0. The Morgan fingerprint density at radius 1 is 1.33 bits per heavy atom. The van der Waals surface area contributed by atoms with Crippen LogP contribution in [0.5, 0.6) is 0 Å². The monoisotopic (exact) mass is 234 g/mol. The van der Waals surface area contributed by atoms with E-state index in [2.05, 4.69) is 4.90 Å². The van der Waals surface area contributed by atoms with Gasteiger partial charge in [0.15, 0.2) is 0 Å². The first-order chi connectivity index (χ1) is 7.27. The molecule has 0 spiro atoms. The summed E-state index contributed by atoms with van der Waals surface area (Å²) in [6.07, 6.45) is 0.458. The molecule has 88 valence electrons. The second-order valence-electron chi connectivity index (χ2n) is 3.65. The molecular formula is C10H19ClN2O2. The molecule has 0 aliphatic carbocycles. The minimum absolute atomic E-state index is 0.177. The average Bonchev–Trinajstić information content (AvgIpc) is 2.27. The maximum atomic E-state index is 11.5. The van der Waals surface area contributed by atoms with E-state index in [0.29, 0.717) is 12.3 Å². The third kappa shape index (κ3) is 4.36. The van der Waals surface area contributed by atoms with Crippen molar-refractivity contribution >= 4 is 17.5 Å². The number of hydrogen-bond donors (Lipinski definition) is 0. The molecule has 0 bridgehead atoms. The summed E-state index contributed by atoms with van der Waals surface area (Å²) in [4.78, 5) is 15.7. The Bertz CT molecular complexity index is 194. The normalized spacial score (nSPS) is 18.1. The van der Waals surface area contributed by atoms with E-state index < -0.39 is 0 Å². The molecule has 4 nitrogen and oxygen atoms in total. The van der Waals surface area contributed by atoms with E-state index >= 15 is 0 Å². The molecule has 5 heteroatoms. The number of ether oxygens (including phenoxy) is 1. The van der Waals surface area contributed by atoms with Crippen LogP contribution in [0.15, 0.2) is 0 Å². The lowest BCUT2D eigenvalue weighted by atomic mass is 10.3. The summed E-state index contributed by atoms with van der Waals surface area (Å²) >= 11 is 5.54. The summed E-state index contributed by atoms with van der Waals surface area (Å²) in [6, 6.07) is 0. The Kier molecular flexibility index (Phi) is 5.98. The quantitative estimate of drug-likeness (QED) is 0.646.